The zero-order chi connectivity index (χ0) is 17.4. The van der Waals surface area contributed by atoms with Crippen LogP contribution < -0.4 is 40.0 Å². The summed E-state index contributed by atoms with van der Waals surface area (Å²) in [5.41, 5.74) is -2.39. The van der Waals surface area contributed by atoms with Crippen LogP contribution in [0.25, 0.3) is 0 Å². The number of halogens is 3. The summed E-state index contributed by atoms with van der Waals surface area (Å²) in [4.78, 5) is 22.1. The number of benzene rings is 1. The Morgan fingerprint density at radius 1 is 1.29 bits per heavy atom. The minimum absolute atomic E-state index is 0. The Bertz CT molecular complexity index is 926. The number of hydrogen-bond donors (Lipinski definition) is 1. The summed E-state index contributed by atoms with van der Waals surface area (Å²) in [6.45, 7) is 0. The maximum Gasteiger partial charge on any atom is 1.00 e. The van der Waals surface area contributed by atoms with E-state index < -0.39 is 38.4 Å². The first-order valence-corrected chi connectivity index (χ1v) is 7.36. The maximum absolute atomic E-state index is 12.9. The summed E-state index contributed by atoms with van der Waals surface area (Å²) in [6.07, 6.45) is -3.99. The van der Waals surface area contributed by atoms with Gasteiger partial charge in [-0.3, -0.25) is 4.57 Å². The molecule has 0 atom stereocenters. The van der Waals surface area contributed by atoms with E-state index in [4.69, 9.17) is 0 Å². The molecule has 1 heterocycles. The minimum atomic E-state index is -4.93. The Morgan fingerprint density at radius 2 is 1.88 bits per heavy atom. The Kier molecular flexibility index (Phi) is 6.03. The summed E-state index contributed by atoms with van der Waals surface area (Å²) in [7, 11) is -3.60. The molecule has 2 aromatic rings. The Hall–Kier alpha value is -1.63. The average molecular weight is 374 g/mol. The number of nitrogens with one attached hydrogen (secondary N) is 1. The van der Waals surface area contributed by atoms with Crippen LogP contribution in [0.1, 0.15) is 6.99 Å². The van der Waals surface area contributed by atoms with Gasteiger partial charge in [-0.15, -0.1) is 9.78 Å². The van der Waals surface area contributed by atoms with Crippen LogP contribution in [0.2, 0.25) is 0 Å². The van der Waals surface area contributed by atoms with Gasteiger partial charge in [0.1, 0.15) is 6.33 Å². The predicted molar refractivity (Wildman–Crippen MR) is 71.1 cm³/mol. The first-order valence-electron chi connectivity index (χ1n) is 5.88. The number of carbonyl (C=O) groups excluding carboxylic acids is 1. The van der Waals surface area contributed by atoms with Gasteiger partial charge in [-0.2, -0.15) is 13.2 Å². The molecule has 126 valence electrons. The smallest absolute Gasteiger partial charge is 1.00 e. The Morgan fingerprint density at radius 3 is 2.38 bits per heavy atom. The number of amides is 1. The van der Waals surface area contributed by atoms with Gasteiger partial charge in [0.25, 0.3) is 10.0 Å². The van der Waals surface area contributed by atoms with Gasteiger partial charge in [0.15, 0.2) is 0 Å². The molecule has 13 heteroatoms. The van der Waals surface area contributed by atoms with E-state index in [1.165, 1.54) is 11.8 Å². The van der Waals surface area contributed by atoms with Crippen LogP contribution >= 0.6 is 0 Å². The van der Waals surface area contributed by atoms with Gasteiger partial charge in [-0.1, -0.05) is 12.1 Å². The largest absolute Gasteiger partial charge is 1.00 e. The predicted octanol–water partition coefficient (Wildman–Crippen LogP) is -2.34. The van der Waals surface area contributed by atoms with Crippen molar-refractivity contribution in [2.24, 2.45) is 7.05 Å². The van der Waals surface area contributed by atoms with E-state index >= 15 is 0 Å². The second-order valence-corrected chi connectivity index (χ2v) is 5.99. The molecule has 0 fully saturated rings. The third-order valence-corrected chi connectivity index (χ3v) is 4.10. The Balaban J connectivity index is 0.00000288. The fourth-order valence-corrected chi connectivity index (χ4v) is 2.82. The van der Waals surface area contributed by atoms with Crippen molar-refractivity contribution in [3.63, 3.8) is 0 Å². The number of nitrogens with zero attached hydrogens (tertiary/aromatic N) is 3. The number of aromatic nitrogens is 3. The van der Waals surface area contributed by atoms with Gasteiger partial charge in [-0.05, 0) is 12.1 Å². The van der Waals surface area contributed by atoms with Gasteiger partial charge in [0.2, 0.25) is 0 Å². The minimum Gasteiger partial charge on any atom is -1.00 e. The number of rotatable bonds is 2. The fraction of sp³-hybridized carbons (Fsp3) is 0.182. The number of aryl methyl sites for hydroxylation is 1. The van der Waals surface area contributed by atoms with Gasteiger partial charge >= 0.3 is 47.5 Å². The van der Waals surface area contributed by atoms with E-state index in [-0.39, 0.29) is 35.7 Å². The molecule has 2 rings (SSSR count). The molecule has 0 aliphatic carbocycles. The third-order valence-electron chi connectivity index (χ3n) is 2.72. The molecule has 1 N–H and O–H groups in total. The standard InChI is InChI=1S/C11H9F3N4O4S.Na.H/c1-17-6-15-18(10(17)20)9(19)16-23(21,22)8-5-3-2-4-7(8)11(12,13)14;;/h2-6H,1H3,(H,16,19);;/q;+1;-1. The number of alkyl halides is 3. The molecule has 0 radical (unpaired) electrons. The maximum atomic E-state index is 12.9. The second kappa shape index (κ2) is 7.09. The van der Waals surface area contributed by atoms with E-state index in [0.29, 0.717) is 12.1 Å². The van der Waals surface area contributed by atoms with E-state index in [1.54, 1.807) is 0 Å². The van der Waals surface area contributed by atoms with Gasteiger partial charge in [0.05, 0.1) is 10.5 Å². The summed E-state index contributed by atoms with van der Waals surface area (Å²) in [5.74, 6) is 0. The molecular formula is C11H10F3N4NaO4S. The zero-order valence-corrected chi connectivity index (χ0v) is 15.2. The Labute approximate surface area is 157 Å². The molecule has 1 aromatic carbocycles. The van der Waals surface area contributed by atoms with Crippen molar-refractivity contribution in [2.45, 2.75) is 11.1 Å². The van der Waals surface area contributed by atoms with Gasteiger partial charge in [-0.25, -0.2) is 22.7 Å². The summed E-state index contributed by atoms with van der Waals surface area (Å²) < 4.78 is 65.0. The molecule has 24 heavy (non-hydrogen) atoms. The molecular weight excluding hydrogens is 364 g/mol. The van der Waals surface area contributed by atoms with E-state index in [2.05, 4.69) is 5.10 Å². The van der Waals surface area contributed by atoms with Crippen molar-refractivity contribution >= 4 is 16.1 Å². The topological polar surface area (TPSA) is 103 Å². The number of sulfonamides is 1. The molecule has 0 unspecified atom stereocenters. The molecule has 1 aromatic heterocycles. The molecule has 0 aliphatic rings. The molecule has 0 spiro atoms. The fourth-order valence-electron chi connectivity index (χ4n) is 1.66. The van der Waals surface area contributed by atoms with Crippen LogP contribution in [0.4, 0.5) is 18.0 Å². The van der Waals surface area contributed by atoms with E-state index in [1.807, 2.05) is 0 Å². The van der Waals surface area contributed by atoms with E-state index in [9.17, 15) is 31.2 Å². The molecule has 8 nitrogen and oxygen atoms in total. The molecule has 0 saturated carbocycles. The van der Waals surface area contributed by atoms with Crippen LogP contribution in [-0.4, -0.2) is 28.8 Å². The summed E-state index contributed by atoms with van der Waals surface area (Å²) in [6, 6.07) is 1.84. The first-order chi connectivity index (χ1) is 10.5. The van der Waals surface area contributed by atoms with Crippen LogP contribution in [0.15, 0.2) is 40.3 Å². The number of hydrogen-bond acceptors (Lipinski definition) is 5. The van der Waals surface area contributed by atoms with Crippen LogP contribution in [-0.2, 0) is 23.2 Å². The summed E-state index contributed by atoms with van der Waals surface area (Å²) >= 11 is 0. The molecule has 0 aliphatic heterocycles. The van der Waals surface area contributed by atoms with Crippen LogP contribution in [0, 0.1) is 0 Å². The first kappa shape index (κ1) is 20.4. The van der Waals surface area contributed by atoms with Crippen LogP contribution in [0.5, 0.6) is 0 Å². The molecule has 1 amide bonds. The third kappa shape index (κ3) is 4.06. The number of carbonyl (C=O) groups is 1. The second-order valence-electron chi connectivity index (χ2n) is 4.34. The monoisotopic (exact) mass is 374 g/mol. The SMILES string of the molecule is Cn1cnn(C(=O)NS(=O)(=O)c2ccccc2C(F)(F)F)c1=O.[H-].[Na+]. The van der Waals surface area contributed by atoms with Crippen LogP contribution in [0.3, 0.4) is 0 Å². The van der Waals surface area contributed by atoms with Gasteiger partial charge in [0, 0.05) is 7.05 Å². The van der Waals surface area contributed by atoms with Crippen molar-refractivity contribution < 1.29 is 57.4 Å². The van der Waals surface area contributed by atoms with Crippen molar-refractivity contribution in [2.75, 3.05) is 0 Å². The quantitative estimate of drug-likeness (QED) is 0.594. The summed E-state index contributed by atoms with van der Waals surface area (Å²) in [5, 5.41) is 3.33. The average Bonchev–Trinajstić information content (AvgIpc) is 2.78. The van der Waals surface area contributed by atoms with Crippen molar-refractivity contribution in [1.29, 1.82) is 0 Å². The van der Waals surface area contributed by atoms with E-state index in [0.717, 1.165) is 23.0 Å². The normalized spacial score (nSPS) is 11.7. The zero-order valence-electron chi connectivity index (χ0n) is 13.4. The van der Waals surface area contributed by atoms with Crippen molar-refractivity contribution in [3.8, 4) is 0 Å². The van der Waals surface area contributed by atoms with Crippen molar-refractivity contribution in [3.05, 3.63) is 46.6 Å². The molecule has 0 saturated heterocycles. The van der Waals surface area contributed by atoms with Gasteiger partial charge < -0.3 is 1.43 Å². The molecule has 0 bridgehead atoms. The van der Waals surface area contributed by atoms with Crippen molar-refractivity contribution in [1.82, 2.24) is 19.1 Å².